The van der Waals surface area contributed by atoms with E-state index in [0.717, 1.165) is 11.1 Å². The van der Waals surface area contributed by atoms with Gasteiger partial charge < -0.3 is 4.90 Å². The zero-order valence-corrected chi connectivity index (χ0v) is 17.3. The molecule has 1 N–H and O–H groups in total. The predicted octanol–water partition coefficient (Wildman–Crippen LogP) is 3.96. The molecule has 0 atom stereocenters. The summed E-state index contributed by atoms with van der Waals surface area (Å²) in [7, 11) is -3.86. The molecule has 30 heavy (non-hydrogen) atoms. The van der Waals surface area contributed by atoms with Crippen LogP contribution in [0.5, 0.6) is 0 Å². The van der Waals surface area contributed by atoms with Crippen LogP contribution >= 0.6 is 0 Å². The van der Waals surface area contributed by atoms with Crippen molar-refractivity contribution < 1.29 is 13.2 Å². The van der Waals surface area contributed by atoms with Gasteiger partial charge in [0.15, 0.2) is 0 Å². The molecule has 3 aromatic carbocycles. The number of amides is 1. The molecule has 0 fully saturated rings. The van der Waals surface area contributed by atoms with Gasteiger partial charge in [-0.3, -0.25) is 9.52 Å². The molecule has 3 aromatic rings. The number of carbonyl (C=O) groups is 1. The van der Waals surface area contributed by atoms with Gasteiger partial charge in [-0.05, 0) is 42.8 Å². The highest BCUT2D eigenvalue weighted by Gasteiger charge is 2.20. The van der Waals surface area contributed by atoms with Crippen LogP contribution in [0.4, 0.5) is 5.69 Å². The van der Waals surface area contributed by atoms with Gasteiger partial charge in [-0.2, -0.15) is 5.26 Å². The molecule has 0 spiro atoms. The van der Waals surface area contributed by atoms with Crippen LogP contribution in [0, 0.1) is 18.3 Å². The van der Waals surface area contributed by atoms with Crippen molar-refractivity contribution in [3.8, 4) is 6.07 Å². The van der Waals surface area contributed by atoms with Gasteiger partial charge in [-0.15, -0.1) is 0 Å². The average molecular weight is 420 g/mol. The van der Waals surface area contributed by atoms with Gasteiger partial charge in [-0.25, -0.2) is 8.42 Å². The maximum Gasteiger partial charge on any atom is 0.261 e. The van der Waals surface area contributed by atoms with Gasteiger partial charge in [0.2, 0.25) is 0 Å². The molecular weight excluding hydrogens is 398 g/mol. The van der Waals surface area contributed by atoms with Crippen LogP contribution in [0.1, 0.15) is 21.5 Å². The fourth-order valence-corrected chi connectivity index (χ4v) is 4.01. The minimum Gasteiger partial charge on any atom is -0.321 e. The number of nitrogens with one attached hydrogen (secondary N) is 1. The Bertz CT molecular complexity index is 1170. The van der Waals surface area contributed by atoms with E-state index >= 15 is 0 Å². The van der Waals surface area contributed by atoms with Crippen molar-refractivity contribution in [1.29, 1.82) is 5.26 Å². The zero-order chi connectivity index (χ0) is 21.6. The Labute approximate surface area is 176 Å². The highest BCUT2D eigenvalue weighted by atomic mass is 32.2. The molecule has 0 saturated heterocycles. The van der Waals surface area contributed by atoms with Crippen LogP contribution in [-0.2, 0) is 16.6 Å². The van der Waals surface area contributed by atoms with Crippen LogP contribution in [0.2, 0.25) is 0 Å². The van der Waals surface area contributed by atoms with E-state index in [1.165, 1.54) is 23.1 Å². The normalized spacial score (nSPS) is 10.8. The summed E-state index contributed by atoms with van der Waals surface area (Å²) in [6.07, 6.45) is 0. The van der Waals surface area contributed by atoms with Crippen molar-refractivity contribution in [3.63, 3.8) is 0 Å². The summed E-state index contributed by atoms with van der Waals surface area (Å²) in [5, 5.41) is 9.13. The first kappa shape index (κ1) is 21.1. The highest BCUT2D eigenvalue weighted by Crippen LogP contribution is 2.19. The SMILES string of the molecule is Cc1ccc(NS(=O)(=O)c2cccc(C(=O)N(CC#N)Cc3ccccc3)c2)cc1. The van der Waals surface area contributed by atoms with E-state index in [1.54, 1.807) is 30.3 Å². The summed E-state index contributed by atoms with van der Waals surface area (Å²) in [6, 6.07) is 24.1. The maximum absolute atomic E-state index is 13.0. The molecule has 0 aliphatic rings. The van der Waals surface area contributed by atoms with Crippen LogP contribution in [0.3, 0.4) is 0 Å². The molecular formula is C23H21N3O3S. The van der Waals surface area contributed by atoms with Gasteiger partial charge in [0, 0.05) is 17.8 Å². The number of nitrogens with zero attached hydrogens (tertiary/aromatic N) is 2. The Morgan fingerprint density at radius 1 is 1.00 bits per heavy atom. The lowest BCUT2D eigenvalue weighted by molar-refractivity contribution is 0.0764. The number of sulfonamides is 1. The molecule has 0 unspecified atom stereocenters. The topological polar surface area (TPSA) is 90.3 Å². The number of benzene rings is 3. The maximum atomic E-state index is 13.0. The standard InChI is InChI=1S/C23H21N3O3S/c1-18-10-12-21(13-11-18)25-30(28,29)22-9-5-8-20(16-22)23(27)26(15-14-24)17-19-6-3-2-4-7-19/h2-13,16,25H,15,17H2,1H3. The number of hydrogen-bond donors (Lipinski definition) is 1. The molecule has 0 aliphatic heterocycles. The van der Waals surface area contributed by atoms with Crippen molar-refractivity contribution in [1.82, 2.24) is 4.90 Å². The number of rotatable bonds is 7. The van der Waals surface area contributed by atoms with Crippen LogP contribution in [-0.4, -0.2) is 25.8 Å². The van der Waals surface area contributed by atoms with Gasteiger partial charge in [-0.1, -0.05) is 54.1 Å². The lowest BCUT2D eigenvalue weighted by Gasteiger charge is -2.20. The number of anilines is 1. The first-order valence-electron chi connectivity index (χ1n) is 9.29. The van der Waals surface area contributed by atoms with Crippen LogP contribution in [0.25, 0.3) is 0 Å². The summed E-state index contributed by atoms with van der Waals surface area (Å²) in [5.74, 6) is -0.409. The third-order valence-corrected chi connectivity index (χ3v) is 5.84. The first-order chi connectivity index (χ1) is 14.4. The van der Waals surface area contributed by atoms with E-state index in [-0.39, 0.29) is 23.5 Å². The number of carbonyl (C=O) groups excluding carboxylic acids is 1. The molecule has 7 heteroatoms. The lowest BCUT2D eigenvalue weighted by atomic mass is 10.1. The monoisotopic (exact) mass is 419 g/mol. The molecule has 0 saturated carbocycles. The van der Waals surface area contributed by atoms with Crippen molar-refractivity contribution >= 4 is 21.6 Å². The Kier molecular flexibility index (Phi) is 6.50. The van der Waals surface area contributed by atoms with E-state index < -0.39 is 15.9 Å². The van der Waals surface area contributed by atoms with Gasteiger partial charge in [0.1, 0.15) is 6.54 Å². The second-order valence-corrected chi connectivity index (χ2v) is 8.49. The summed E-state index contributed by atoms with van der Waals surface area (Å²) in [4.78, 5) is 14.3. The smallest absolute Gasteiger partial charge is 0.261 e. The van der Waals surface area contributed by atoms with Crippen molar-refractivity contribution in [3.05, 3.63) is 95.6 Å². The summed E-state index contributed by atoms with van der Waals surface area (Å²) < 4.78 is 28.0. The van der Waals surface area contributed by atoms with E-state index in [2.05, 4.69) is 4.72 Å². The van der Waals surface area contributed by atoms with Gasteiger partial charge >= 0.3 is 0 Å². The van der Waals surface area contributed by atoms with E-state index in [4.69, 9.17) is 5.26 Å². The van der Waals surface area contributed by atoms with Crippen molar-refractivity contribution in [2.45, 2.75) is 18.4 Å². The molecule has 0 bridgehead atoms. The zero-order valence-electron chi connectivity index (χ0n) is 16.4. The van der Waals surface area contributed by atoms with Crippen LogP contribution in [0.15, 0.2) is 83.8 Å². The minimum absolute atomic E-state index is 0.0226. The summed E-state index contributed by atoms with van der Waals surface area (Å²) in [6.45, 7) is 2.06. The highest BCUT2D eigenvalue weighted by molar-refractivity contribution is 7.92. The average Bonchev–Trinajstić information content (AvgIpc) is 2.75. The quantitative estimate of drug-likeness (QED) is 0.587. The molecule has 0 aromatic heterocycles. The van der Waals surface area contributed by atoms with Crippen molar-refractivity contribution in [2.24, 2.45) is 0 Å². The van der Waals surface area contributed by atoms with Gasteiger partial charge in [0.25, 0.3) is 15.9 Å². The Balaban J connectivity index is 1.84. The number of aryl methyl sites for hydroxylation is 1. The Hall–Kier alpha value is -3.63. The molecule has 3 rings (SSSR count). The predicted molar refractivity (Wildman–Crippen MR) is 115 cm³/mol. The molecule has 0 heterocycles. The Morgan fingerprint density at radius 3 is 2.37 bits per heavy atom. The summed E-state index contributed by atoms with van der Waals surface area (Å²) in [5.41, 5.74) is 2.54. The molecule has 0 aliphatic carbocycles. The second kappa shape index (κ2) is 9.25. The fraction of sp³-hybridized carbons (Fsp3) is 0.130. The van der Waals surface area contributed by atoms with E-state index in [9.17, 15) is 13.2 Å². The molecule has 152 valence electrons. The second-order valence-electron chi connectivity index (χ2n) is 6.80. The van der Waals surface area contributed by atoms with Crippen molar-refractivity contribution in [2.75, 3.05) is 11.3 Å². The third-order valence-electron chi connectivity index (χ3n) is 4.46. The number of nitriles is 1. The third kappa shape index (κ3) is 5.25. The molecule has 1 amide bonds. The van der Waals surface area contributed by atoms with E-state index in [1.807, 2.05) is 43.3 Å². The largest absolute Gasteiger partial charge is 0.321 e. The molecule has 0 radical (unpaired) electrons. The minimum atomic E-state index is -3.86. The summed E-state index contributed by atoms with van der Waals surface area (Å²) >= 11 is 0. The lowest BCUT2D eigenvalue weighted by Crippen LogP contribution is -2.31. The molecule has 6 nitrogen and oxygen atoms in total. The number of hydrogen-bond acceptors (Lipinski definition) is 4. The van der Waals surface area contributed by atoms with Crippen LogP contribution < -0.4 is 4.72 Å². The fourth-order valence-electron chi connectivity index (χ4n) is 2.90. The van der Waals surface area contributed by atoms with E-state index in [0.29, 0.717) is 5.69 Å². The van der Waals surface area contributed by atoms with Gasteiger partial charge in [0.05, 0.1) is 11.0 Å². The first-order valence-corrected chi connectivity index (χ1v) is 10.8. The Morgan fingerprint density at radius 2 is 1.70 bits per heavy atom.